The zero-order valence-corrected chi connectivity index (χ0v) is 24.0. The second-order valence-electron chi connectivity index (χ2n) is 9.86. The van der Waals surface area contributed by atoms with Crippen LogP contribution in [0.5, 0.6) is 0 Å². The Bertz CT molecular complexity index is 1460. The van der Waals surface area contributed by atoms with Crippen LogP contribution in [0.2, 0.25) is 0 Å². The van der Waals surface area contributed by atoms with Gasteiger partial charge in [-0.15, -0.1) is 0 Å². The van der Waals surface area contributed by atoms with Crippen LogP contribution in [0, 0.1) is 13.8 Å². The molecule has 0 radical (unpaired) electrons. The summed E-state index contributed by atoms with van der Waals surface area (Å²) in [6.07, 6.45) is 3.88. The van der Waals surface area contributed by atoms with Gasteiger partial charge in [0.25, 0.3) is 5.91 Å². The highest BCUT2D eigenvalue weighted by atomic mass is 79.9. The number of carbonyl (C=O) groups is 3. The van der Waals surface area contributed by atoms with E-state index in [1.54, 1.807) is 4.90 Å². The molecule has 0 saturated carbocycles. The van der Waals surface area contributed by atoms with Gasteiger partial charge in [0.2, 0.25) is 11.8 Å². The summed E-state index contributed by atoms with van der Waals surface area (Å²) in [6, 6.07) is 8.14. The van der Waals surface area contributed by atoms with Gasteiger partial charge < -0.3 is 19.7 Å². The average Bonchev–Trinajstić information content (AvgIpc) is 3.17. The van der Waals surface area contributed by atoms with E-state index in [2.05, 4.69) is 62.8 Å². The van der Waals surface area contributed by atoms with Crippen LogP contribution in [0.15, 0.2) is 52.1 Å². The molecule has 0 atom stereocenters. The third-order valence-corrected chi connectivity index (χ3v) is 8.28. The van der Waals surface area contributed by atoms with Crippen molar-refractivity contribution in [2.24, 2.45) is 0 Å². The summed E-state index contributed by atoms with van der Waals surface area (Å²) in [5, 5.41) is 3.82. The van der Waals surface area contributed by atoms with E-state index in [1.807, 2.05) is 34.7 Å². The third kappa shape index (κ3) is 4.99. The first-order valence-electron chi connectivity index (χ1n) is 12.2. The number of aryl methyl sites for hydroxylation is 2. The van der Waals surface area contributed by atoms with Gasteiger partial charge in [0, 0.05) is 46.7 Å². The fraction of sp³-hybridized carbons (Fsp3) is 0.321. The highest BCUT2D eigenvalue weighted by Crippen LogP contribution is 2.32. The van der Waals surface area contributed by atoms with E-state index in [0.29, 0.717) is 31.7 Å². The minimum absolute atomic E-state index is 0.0393. The standard InChI is InChI=1S/C28H28Br2N4O3/c1-4-26(36)33-12-20(13-33)31-25(35)15-34-14-23(22-10-19(29)9-17(3)27(22)34)28(37)32-6-5-21-18(11-32)7-16(2)8-24(21)30/h4,7-10,14,20H,1,5-6,11-13,15H2,2-3H3,(H,31,35). The Morgan fingerprint density at radius 2 is 1.86 bits per heavy atom. The summed E-state index contributed by atoms with van der Waals surface area (Å²) in [4.78, 5) is 41.9. The molecule has 0 aliphatic carbocycles. The number of fused-ring (bicyclic) bond motifs is 2. The molecule has 192 valence electrons. The smallest absolute Gasteiger partial charge is 0.256 e. The Kier molecular flexibility index (Phi) is 7.02. The van der Waals surface area contributed by atoms with Gasteiger partial charge in [0.15, 0.2) is 0 Å². The molecule has 0 spiro atoms. The van der Waals surface area contributed by atoms with Crippen molar-refractivity contribution in [2.75, 3.05) is 19.6 Å². The quantitative estimate of drug-likeness (QED) is 0.424. The number of nitrogens with one attached hydrogen (secondary N) is 1. The number of halogens is 2. The van der Waals surface area contributed by atoms with Crippen molar-refractivity contribution in [3.63, 3.8) is 0 Å². The van der Waals surface area contributed by atoms with Crippen LogP contribution < -0.4 is 5.32 Å². The summed E-state index contributed by atoms with van der Waals surface area (Å²) < 4.78 is 3.85. The number of rotatable bonds is 5. The first-order valence-corrected chi connectivity index (χ1v) is 13.8. The Morgan fingerprint density at radius 1 is 1.11 bits per heavy atom. The monoisotopic (exact) mass is 626 g/mol. The zero-order valence-electron chi connectivity index (χ0n) is 20.8. The van der Waals surface area contributed by atoms with Gasteiger partial charge in [-0.05, 0) is 66.8 Å². The van der Waals surface area contributed by atoms with Crippen molar-refractivity contribution in [3.8, 4) is 0 Å². The fourth-order valence-corrected chi connectivity index (χ4v) is 6.74. The molecule has 7 nitrogen and oxygen atoms in total. The third-order valence-electron chi connectivity index (χ3n) is 7.12. The molecule has 5 rings (SSSR count). The number of aromatic nitrogens is 1. The number of hydrogen-bond acceptors (Lipinski definition) is 3. The molecule has 1 aromatic heterocycles. The van der Waals surface area contributed by atoms with E-state index in [4.69, 9.17) is 0 Å². The maximum absolute atomic E-state index is 13.8. The first-order chi connectivity index (χ1) is 17.6. The van der Waals surface area contributed by atoms with Crippen LogP contribution >= 0.6 is 31.9 Å². The van der Waals surface area contributed by atoms with Crippen LogP contribution in [0.1, 0.15) is 32.6 Å². The Labute approximate surface area is 232 Å². The summed E-state index contributed by atoms with van der Waals surface area (Å²) in [5.41, 5.74) is 6.02. The minimum atomic E-state index is -0.152. The van der Waals surface area contributed by atoms with Crippen LogP contribution in [-0.2, 0) is 29.1 Å². The topological polar surface area (TPSA) is 74.6 Å². The molecule has 1 saturated heterocycles. The molecule has 3 amide bonds. The Hall–Kier alpha value is -2.91. The lowest BCUT2D eigenvalue weighted by Gasteiger charge is -2.38. The molecule has 2 aliphatic rings. The van der Waals surface area contributed by atoms with E-state index in [0.717, 1.165) is 43.0 Å². The second-order valence-corrected chi connectivity index (χ2v) is 11.6. The largest absolute Gasteiger partial charge is 0.348 e. The average molecular weight is 628 g/mol. The molecule has 0 unspecified atom stereocenters. The van der Waals surface area contributed by atoms with Gasteiger partial charge in [0.05, 0.1) is 17.1 Å². The maximum atomic E-state index is 13.8. The summed E-state index contributed by atoms with van der Waals surface area (Å²) >= 11 is 7.25. The lowest BCUT2D eigenvalue weighted by atomic mass is 9.97. The van der Waals surface area contributed by atoms with Crippen LogP contribution in [0.3, 0.4) is 0 Å². The molecule has 1 N–H and O–H groups in total. The number of amides is 3. The van der Waals surface area contributed by atoms with E-state index in [9.17, 15) is 14.4 Å². The molecule has 2 aliphatic heterocycles. The molecule has 3 heterocycles. The normalized spacial score (nSPS) is 15.4. The van der Waals surface area contributed by atoms with Gasteiger partial charge in [-0.25, -0.2) is 0 Å². The van der Waals surface area contributed by atoms with Gasteiger partial charge in [-0.3, -0.25) is 14.4 Å². The van der Waals surface area contributed by atoms with Crippen molar-refractivity contribution in [1.29, 1.82) is 0 Å². The lowest BCUT2D eigenvalue weighted by molar-refractivity contribution is -0.133. The highest BCUT2D eigenvalue weighted by Gasteiger charge is 2.31. The van der Waals surface area contributed by atoms with Crippen molar-refractivity contribution in [3.05, 3.63) is 79.9 Å². The van der Waals surface area contributed by atoms with Crippen molar-refractivity contribution in [1.82, 2.24) is 19.7 Å². The fourth-order valence-electron chi connectivity index (χ4n) is 5.35. The predicted octanol–water partition coefficient (Wildman–Crippen LogP) is 4.49. The van der Waals surface area contributed by atoms with Gasteiger partial charge in [-0.2, -0.15) is 0 Å². The summed E-state index contributed by atoms with van der Waals surface area (Å²) in [6.45, 7) is 9.77. The second kappa shape index (κ2) is 10.1. The van der Waals surface area contributed by atoms with E-state index in [1.165, 1.54) is 11.6 Å². The van der Waals surface area contributed by atoms with Crippen LogP contribution in [0.25, 0.3) is 10.9 Å². The van der Waals surface area contributed by atoms with E-state index in [-0.39, 0.29) is 30.3 Å². The summed E-state index contributed by atoms with van der Waals surface area (Å²) in [5.74, 6) is -0.322. The molecule has 2 aromatic carbocycles. The van der Waals surface area contributed by atoms with E-state index < -0.39 is 0 Å². The summed E-state index contributed by atoms with van der Waals surface area (Å²) in [7, 11) is 0. The Balaban J connectivity index is 1.39. The molecule has 37 heavy (non-hydrogen) atoms. The first kappa shape index (κ1) is 25.7. The van der Waals surface area contributed by atoms with Crippen molar-refractivity contribution in [2.45, 2.75) is 39.4 Å². The molecule has 3 aromatic rings. The Morgan fingerprint density at radius 3 is 2.59 bits per heavy atom. The number of likely N-dealkylation sites (tertiary alicyclic amines) is 1. The van der Waals surface area contributed by atoms with Gasteiger partial charge >= 0.3 is 0 Å². The molecular formula is C28H28Br2N4O3. The predicted molar refractivity (Wildman–Crippen MR) is 150 cm³/mol. The lowest BCUT2D eigenvalue weighted by Crippen LogP contribution is -2.61. The minimum Gasteiger partial charge on any atom is -0.348 e. The van der Waals surface area contributed by atoms with Crippen molar-refractivity contribution >= 4 is 60.5 Å². The SMILES string of the molecule is C=CC(=O)N1CC(NC(=O)Cn2cc(C(=O)N3CCc4c(Br)cc(C)cc4C3)c3cc(Br)cc(C)c32)C1. The van der Waals surface area contributed by atoms with Crippen LogP contribution in [0.4, 0.5) is 0 Å². The molecule has 9 heteroatoms. The van der Waals surface area contributed by atoms with Crippen molar-refractivity contribution < 1.29 is 14.4 Å². The number of benzene rings is 2. The number of nitrogens with zero attached hydrogens (tertiary/aromatic N) is 3. The zero-order chi connectivity index (χ0) is 26.4. The molecular weight excluding hydrogens is 600 g/mol. The van der Waals surface area contributed by atoms with Gasteiger partial charge in [0.1, 0.15) is 6.54 Å². The molecule has 0 bridgehead atoms. The van der Waals surface area contributed by atoms with E-state index >= 15 is 0 Å². The number of carbonyl (C=O) groups excluding carboxylic acids is 3. The maximum Gasteiger partial charge on any atom is 0.256 e. The van der Waals surface area contributed by atoms with Gasteiger partial charge in [-0.1, -0.05) is 44.5 Å². The molecule has 1 fully saturated rings. The highest BCUT2D eigenvalue weighted by molar-refractivity contribution is 9.10. The van der Waals surface area contributed by atoms with Crippen LogP contribution in [-0.4, -0.2) is 57.8 Å². The number of hydrogen-bond donors (Lipinski definition) is 1.